The van der Waals surface area contributed by atoms with Crippen LogP contribution in [0.4, 0.5) is 5.69 Å². The van der Waals surface area contributed by atoms with Gasteiger partial charge in [0.25, 0.3) is 5.91 Å². The minimum Gasteiger partial charge on any atom is -0.351 e. The van der Waals surface area contributed by atoms with Gasteiger partial charge in [-0.05, 0) is 35.9 Å². The van der Waals surface area contributed by atoms with Crippen LogP contribution in [0, 0.1) is 0 Å². The first-order valence-corrected chi connectivity index (χ1v) is 8.08. The van der Waals surface area contributed by atoms with Crippen LogP contribution >= 0.6 is 11.6 Å². The number of amides is 2. The molecule has 2 aromatic carbocycles. The highest BCUT2D eigenvalue weighted by molar-refractivity contribution is 6.30. The highest BCUT2D eigenvalue weighted by atomic mass is 35.5. The summed E-state index contributed by atoms with van der Waals surface area (Å²) in [5.41, 5.74) is 1.98. The molecule has 2 amide bonds. The van der Waals surface area contributed by atoms with Crippen molar-refractivity contribution in [3.8, 4) is 0 Å². The summed E-state index contributed by atoms with van der Waals surface area (Å²) >= 11 is 5.92. The largest absolute Gasteiger partial charge is 0.351 e. The second-order valence-corrected chi connectivity index (χ2v) is 6.77. The van der Waals surface area contributed by atoms with Crippen LogP contribution < -0.4 is 10.6 Å². The Balaban J connectivity index is 2.04. The zero-order chi connectivity index (χ0) is 17.7. The van der Waals surface area contributed by atoms with E-state index in [4.69, 9.17) is 11.6 Å². The highest BCUT2D eigenvalue weighted by Crippen LogP contribution is 2.24. The molecule has 0 saturated carbocycles. The lowest BCUT2D eigenvalue weighted by Gasteiger charge is -2.25. The van der Waals surface area contributed by atoms with Crippen LogP contribution in [0.2, 0.25) is 5.02 Å². The number of nitrogens with one attached hydrogen (secondary N) is 2. The molecule has 126 valence electrons. The van der Waals surface area contributed by atoms with Gasteiger partial charge in [-0.2, -0.15) is 0 Å². The molecule has 4 nitrogen and oxygen atoms in total. The van der Waals surface area contributed by atoms with Crippen molar-refractivity contribution in [2.24, 2.45) is 0 Å². The van der Waals surface area contributed by atoms with Gasteiger partial charge in [0.2, 0.25) is 5.91 Å². The molecule has 0 aliphatic carbocycles. The Hall–Kier alpha value is -2.33. The average Bonchev–Trinajstić information content (AvgIpc) is 2.53. The number of halogens is 1. The van der Waals surface area contributed by atoms with Gasteiger partial charge in [0.15, 0.2) is 0 Å². The number of hydrogen-bond acceptors (Lipinski definition) is 2. The fourth-order valence-corrected chi connectivity index (χ4v) is 2.47. The van der Waals surface area contributed by atoms with Gasteiger partial charge in [0.05, 0.1) is 0 Å². The molecule has 5 heteroatoms. The van der Waals surface area contributed by atoms with Crippen molar-refractivity contribution in [2.75, 3.05) is 11.9 Å². The van der Waals surface area contributed by atoms with E-state index < -0.39 is 0 Å². The van der Waals surface area contributed by atoms with E-state index in [1.807, 2.05) is 24.3 Å². The number of anilines is 1. The molecule has 0 aromatic heterocycles. The highest BCUT2D eigenvalue weighted by Gasteiger charge is 2.21. The second kappa shape index (κ2) is 7.49. The lowest BCUT2D eigenvalue weighted by molar-refractivity contribution is -0.114. The normalized spacial score (nSPS) is 11.0. The Labute approximate surface area is 147 Å². The zero-order valence-corrected chi connectivity index (χ0v) is 14.8. The lowest BCUT2D eigenvalue weighted by atomic mass is 9.84. The van der Waals surface area contributed by atoms with Crippen LogP contribution in [0.1, 0.15) is 36.7 Å². The van der Waals surface area contributed by atoms with Crippen molar-refractivity contribution in [3.63, 3.8) is 0 Å². The molecule has 0 heterocycles. The Morgan fingerprint density at radius 1 is 1.08 bits per heavy atom. The van der Waals surface area contributed by atoms with Crippen molar-refractivity contribution < 1.29 is 9.59 Å². The molecule has 0 saturated heterocycles. The summed E-state index contributed by atoms with van der Waals surface area (Å²) in [7, 11) is 0. The Kier molecular flexibility index (Phi) is 5.62. The first-order valence-electron chi connectivity index (χ1n) is 7.70. The van der Waals surface area contributed by atoms with E-state index in [-0.39, 0.29) is 17.2 Å². The van der Waals surface area contributed by atoms with Gasteiger partial charge in [-0.1, -0.05) is 43.6 Å². The molecule has 0 unspecified atom stereocenters. The van der Waals surface area contributed by atoms with Gasteiger partial charge < -0.3 is 10.6 Å². The van der Waals surface area contributed by atoms with Crippen molar-refractivity contribution in [3.05, 3.63) is 64.7 Å². The standard InChI is InChI=1S/C19H21ClN2O2/c1-13(23)22-17-6-4-5-14(11-17)18(24)21-12-19(2,3)15-7-9-16(20)10-8-15/h4-11H,12H2,1-3H3,(H,21,24)(H,22,23). The minimum atomic E-state index is -0.227. The summed E-state index contributed by atoms with van der Waals surface area (Å²) < 4.78 is 0. The predicted molar refractivity (Wildman–Crippen MR) is 97.6 cm³/mol. The topological polar surface area (TPSA) is 58.2 Å². The second-order valence-electron chi connectivity index (χ2n) is 6.34. The number of benzene rings is 2. The first-order chi connectivity index (χ1) is 11.3. The van der Waals surface area contributed by atoms with E-state index in [0.29, 0.717) is 22.8 Å². The summed E-state index contributed by atoms with van der Waals surface area (Å²) in [6.45, 7) is 6.04. The van der Waals surface area contributed by atoms with Gasteiger partial charge in [0.1, 0.15) is 0 Å². The van der Waals surface area contributed by atoms with E-state index >= 15 is 0 Å². The molecule has 0 aliphatic heterocycles. The predicted octanol–water partition coefficient (Wildman–Crippen LogP) is 4.01. The molecule has 2 rings (SSSR count). The number of carbonyl (C=O) groups excluding carboxylic acids is 2. The number of hydrogen-bond donors (Lipinski definition) is 2. The molecular formula is C19H21ClN2O2. The molecule has 0 atom stereocenters. The quantitative estimate of drug-likeness (QED) is 0.861. The molecule has 2 aromatic rings. The summed E-state index contributed by atoms with van der Waals surface area (Å²) in [6, 6.07) is 14.5. The molecule has 0 spiro atoms. The molecule has 0 fully saturated rings. The Morgan fingerprint density at radius 2 is 1.75 bits per heavy atom. The van der Waals surface area contributed by atoms with Crippen LogP contribution in [0.15, 0.2) is 48.5 Å². The van der Waals surface area contributed by atoms with E-state index in [1.165, 1.54) is 6.92 Å². The van der Waals surface area contributed by atoms with Crippen molar-refractivity contribution in [1.82, 2.24) is 5.32 Å². The van der Waals surface area contributed by atoms with E-state index in [2.05, 4.69) is 24.5 Å². The van der Waals surface area contributed by atoms with Crippen LogP contribution in [0.5, 0.6) is 0 Å². The number of carbonyl (C=O) groups is 2. The van der Waals surface area contributed by atoms with Gasteiger partial charge >= 0.3 is 0 Å². The van der Waals surface area contributed by atoms with Crippen molar-refractivity contribution in [2.45, 2.75) is 26.2 Å². The van der Waals surface area contributed by atoms with E-state index in [9.17, 15) is 9.59 Å². The maximum atomic E-state index is 12.4. The third kappa shape index (κ3) is 4.83. The molecule has 0 aliphatic rings. The molecule has 0 bridgehead atoms. The van der Waals surface area contributed by atoms with Gasteiger partial charge in [-0.3, -0.25) is 9.59 Å². The summed E-state index contributed by atoms with van der Waals surface area (Å²) in [4.78, 5) is 23.5. The van der Waals surface area contributed by atoms with Crippen LogP contribution in [0.3, 0.4) is 0 Å². The average molecular weight is 345 g/mol. The fraction of sp³-hybridized carbons (Fsp3) is 0.263. The fourth-order valence-electron chi connectivity index (χ4n) is 2.35. The first kappa shape index (κ1) is 18.0. The molecule has 0 radical (unpaired) electrons. The monoisotopic (exact) mass is 344 g/mol. The smallest absolute Gasteiger partial charge is 0.251 e. The maximum Gasteiger partial charge on any atom is 0.251 e. The molecular weight excluding hydrogens is 324 g/mol. The van der Waals surface area contributed by atoms with Crippen molar-refractivity contribution >= 4 is 29.1 Å². The summed E-state index contributed by atoms with van der Waals surface area (Å²) in [5.74, 6) is -0.347. The van der Waals surface area contributed by atoms with Crippen LogP contribution in [-0.2, 0) is 10.2 Å². The summed E-state index contributed by atoms with van der Waals surface area (Å²) in [6.07, 6.45) is 0. The van der Waals surface area contributed by atoms with Gasteiger partial charge in [0, 0.05) is 35.2 Å². The SMILES string of the molecule is CC(=O)Nc1cccc(C(=O)NCC(C)(C)c2ccc(Cl)cc2)c1. The van der Waals surface area contributed by atoms with Gasteiger partial charge in [-0.25, -0.2) is 0 Å². The maximum absolute atomic E-state index is 12.4. The van der Waals surface area contributed by atoms with Crippen LogP contribution in [-0.4, -0.2) is 18.4 Å². The van der Waals surface area contributed by atoms with E-state index in [0.717, 1.165) is 5.56 Å². The summed E-state index contributed by atoms with van der Waals surface area (Å²) in [5, 5.41) is 6.31. The minimum absolute atomic E-state index is 0.170. The molecule has 2 N–H and O–H groups in total. The van der Waals surface area contributed by atoms with Gasteiger partial charge in [-0.15, -0.1) is 0 Å². The van der Waals surface area contributed by atoms with Crippen molar-refractivity contribution in [1.29, 1.82) is 0 Å². The molecule has 24 heavy (non-hydrogen) atoms. The lowest BCUT2D eigenvalue weighted by Crippen LogP contribution is -2.36. The van der Waals surface area contributed by atoms with Crippen LogP contribution in [0.25, 0.3) is 0 Å². The Bertz CT molecular complexity index is 739. The Morgan fingerprint density at radius 3 is 2.38 bits per heavy atom. The third-order valence-electron chi connectivity index (χ3n) is 3.76. The van der Waals surface area contributed by atoms with E-state index in [1.54, 1.807) is 24.3 Å². The number of rotatable bonds is 5. The third-order valence-corrected chi connectivity index (χ3v) is 4.01. The zero-order valence-electron chi connectivity index (χ0n) is 14.0.